The van der Waals surface area contributed by atoms with Gasteiger partial charge in [-0.1, -0.05) is 87.5 Å². The van der Waals surface area contributed by atoms with Crippen molar-refractivity contribution in [3.05, 3.63) is 99.5 Å². The predicted molar refractivity (Wildman–Crippen MR) is 177 cm³/mol. The van der Waals surface area contributed by atoms with E-state index in [1.54, 1.807) is 0 Å². The number of fused-ring (bicyclic) bond motifs is 1. The Morgan fingerprint density at radius 1 is 0.952 bits per heavy atom. The maximum absolute atomic E-state index is 13.8. The number of rotatable bonds is 12. The lowest BCUT2D eigenvalue weighted by molar-refractivity contribution is -0.114. The number of nitrogens with one attached hydrogen (secondary N) is 1. The molecule has 0 aromatic heterocycles. The van der Waals surface area contributed by atoms with Gasteiger partial charge in [0.25, 0.3) is 11.8 Å². The van der Waals surface area contributed by atoms with Crippen LogP contribution in [0, 0.1) is 25.7 Å². The zero-order valence-corrected chi connectivity index (χ0v) is 26.8. The van der Waals surface area contributed by atoms with Crippen LogP contribution in [0.5, 0.6) is 0 Å². The Morgan fingerprint density at radius 3 is 2.33 bits per heavy atom. The first-order valence-corrected chi connectivity index (χ1v) is 15.9. The van der Waals surface area contributed by atoms with Crippen molar-refractivity contribution in [2.45, 2.75) is 59.4 Å². The summed E-state index contributed by atoms with van der Waals surface area (Å²) in [7, 11) is 0. The van der Waals surface area contributed by atoms with E-state index in [9.17, 15) is 9.59 Å². The van der Waals surface area contributed by atoms with Crippen LogP contribution in [0.1, 0.15) is 66.7 Å². The van der Waals surface area contributed by atoms with Crippen LogP contribution < -0.4 is 10.2 Å². The average Bonchev–Trinajstić information content (AvgIpc) is 2.94. The highest BCUT2D eigenvalue weighted by Crippen LogP contribution is 2.42. The van der Waals surface area contributed by atoms with Crippen LogP contribution in [-0.4, -0.2) is 42.9 Å². The van der Waals surface area contributed by atoms with Gasteiger partial charge in [-0.2, -0.15) is 0 Å². The second-order valence-corrected chi connectivity index (χ2v) is 13.3. The predicted octanol–water partition coefficient (Wildman–Crippen LogP) is 7.72. The first kappa shape index (κ1) is 31.6. The maximum Gasteiger partial charge on any atom is 0.265 e. The minimum Gasteiger partial charge on any atom is -0.352 e. The van der Waals surface area contributed by atoms with Gasteiger partial charge in [0.2, 0.25) is 0 Å². The maximum atomic E-state index is 13.8. The highest BCUT2D eigenvalue weighted by molar-refractivity contribution is 8.04. The number of anilines is 1. The summed E-state index contributed by atoms with van der Waals surface area (Å²) in [5.74, 6) is 1.18. The molecule has 1 aliphatic rings. The van der Waals surface area contributed by atoms with Crippen molar-refractivity contribution in [3.63, 3.8) is 0 Å². The standard InChI is InChI=1S/C36H45N3O2S/c1-25(2)22-38(23-26(3)4)19-9-18-37-35(40)30-16-14-29(15-17-30)21-34-36(41)39(32-10-7-8-11-33(32)42-34)24-31-20-27(5)12-13-28(31)6/h7-8,10-17,20-21,25-26H,9,18-19,22-24H2,1-6H3,(H,37,40)/b34-21-. The van der Waals surface area contributed by atoms with E-state index in [1.165, 1.54) is 22.9 Å². The molecule has 3 aromatic carbocycles. The van der Waals surface area contributed by atoms with Crippen molar-refractivity contribution in [2.75, 3.05) is 31.1 Å². The molecule has 1 heterocycles. The van der Waals surface area contributed by atoms with Crippen molar-refractivity contribution < 1.29 is 9.59 Å². The number of thioether (sulfide) groups is 1. The van der Waals surface area contributed by atoms with Gasteiger partial charge in [-0.05, 0) is 85.7 Å². The van der Waals surface area contributed by atoms with E-state index < -0.39 is 0 Å². The summed E-state index contributed by atoms with van der Waals surface area (Å²) in [6.07, 6.45) is 2.85. The molecule has 0 radical (unpaired) electrons. The van der Waals surface area contributed by atoms with E-state index in [0.717, 1.165) is 47.8 Å². The van der Waals surface area contributed by atoms with E-state index >= 15 is 0 Å². The smallest absolute Gasteiger partial charge is 0.265 e. The lowest BCUT2D eigenvalue weighted by Gasteiger charge is -2.31. The molecule has 1 N–H and O–H groups in total. The van der Waals surface area contributed by atoms with E-state index in [2.05, 4.69) is 76.0 Å². The summed E-state index contributed by atoms with van der Waals surface area (Å²) in [6.45, 7) is 17.5. The summed E-state index contributed by atoms with van der Waals surface area (Å²) in [4.78, 5) is 32.7. The molecule has 42 heavy (non-hydrogen) atoms. The number of amides is 2. The zero-order valence-electron chi connectivity index (χ0n) is 25.9. The van der Waals surface area contributed by atoms with Gasteiger partial charge in [-0.25, -0.2) is 0 Å². The van der Waals surface area contributed by atoms with Crippen molar-refractivity contribution >= 4 is 35.3 Å². The molecule has 6 heteroatoms. The largest absolute Gasteiger partial charge is 0.352 e. The van der Waals surface area contributed by atoms with Crippen molar-refractivity contribution in [1.29, 1.82) is 0 Å². The molecule has 1 aliphatic heterocycles. The van der Waals surface area contributed by atoms with Crippen LogP contribution in [0.15, 0.2) is 76.5 Å². The highest BCUT2D eigenvalue weighted by Gasteiger charge is 2.29. The highest BCUT2D eigenvalue weighted by atomic mass is 32.2. The molecule has 0 aliphatic carbocycles. The van der Waals surface area contributed by atoms with Crippen molar-refractivity contribution in [2.24, 2.45) is 11.8 Å². The van der Waals surface area contributed by atoms with E-state index in [1.807, 2.05) is 53.4 Å². The fourth-order valence-corrected chi connectivity index (χ4v) is 6.40. The number of aryl methyl sites for hydroxylation is 2. The molecule has 0 unspecified atom stereocenters. The normalized spacial score (nSPS) is 14.3. The Hall–Kier alpha value is -3.35. The number of carbonyl (C=O) groups is 2. The SMILES string of the molecule is Cc1ccc(C)c(CN2C(=O)/C(=C/c3ccc(C(=O)NCCCN(CC(C)C)CC(C)C)cc3)Sc3ccccc32)c1. The van der Waals surface area contributed by atoms with Crippen LogP contribution in [0.3, 0.4) is 0 Å². The minimum absolute atomic E-state index is 0.00889. The zero-order chi connectivity index (χ0) is 30.2. The lowest BCUT2D eigenvalue weighted by Crippen LogP contribution is -2.34. The Labute approximate surface area is 256 Å². The molecule has 2 amide bonds. The molecule has 0 saturated carbocycles. The van der Waals surface area contributed by atoms with Crippen molar-refractivity contribution in [1.82, 2.24) is 10.2 Å². The number of para-hydroxylation sites is 1. The van der Waals surface area contributed by atoms with Crippen LogP contribution in [0.25, 0.3) is 6.08 Å². The van der Waals surface area contributed by atoms with Crippen LogP contribution >= 0.6 is 11.8 Å². The van der Waals surface area contributed by atoms with E-state index in [-0.39, 0.29) is 11.8 Å². The Morgan fingerprint density at radius 2 is 1.64 bits per heavy atom. The summed E-state index contributed by atoms with van der Waals surface area (Å²) in [5.41, 5.74) is 5.96. The third-order valence-electron chi connectivity index (χ3n) is 7.32. The third kappa shape index (κ3) is 8.59. The molecule has 5 nitrogen and oxygen atoms in total. The molecule has 0 fully saturated rings. The van der Waals surface area contributed by atoms with Gasteiger partial charge in [-0.3, -0.25) is 9.59 Å². The second kappa shape index (κ2) is 14.7. The van der Waals surface area contributed by atoms with Crippen LogP contribution in [0.4, 0.5) is 5.69 Å². The molecule has 0 saturated heterocycles. The summed E-state index contributed by atoms with van der Waals surface area (Å²) >= 11 is 1.50. The second-order valence-electron chi connectivity index (χ2n) is 12.2. The van der Waals surface area contributed by atoms with Crippen LogP contribution in [0.2, 0.25) is 0 Å². The summed E-state index contributed by atoms with van der Waals surface area (Å²) in [5, 5.41) is 3.07. The molecular formula is C36H45N3O2S. The van der Waals surface area contributed by atoms with Crippen molar-refractivity contribution in [3.8, 4) is 0 Å². The Kier molecular flexibility index (Phi) is 11.1. The molecule has 4 rings (SSSR count). The monoisotopic (exact) mass is 583 g/mol. The van der Waals surface area contributed by atoms with Gasteiger partial charge in [0.1, 0.15) is 0 Å². The lowest BCUT2D eigenvalue weighted by atomic mass is 10.0. The van der Waals surface area contributed by atoms with Crippen LogP contribution in [-0.2, 0) is 11.3 Å². The molecule has 0 atom stereocenters. The fourth-order valence-electron chi connectivity index (χ4n) is 5.34. The van der Waals surface area contributed by atoms with Gasteiger partial charge in [0.05, 0.1) is 17.1 Å². The summed E-state index contributed by atoms with van der Waals surface area (Å²) in [6, 6.07) is 22.0. The number of hydrogen-bond donors (Lipinski definition) is 1. The molecule has 222 valence electrons. The topological polar surface area (TPSA) is 52.7 Å². The Bertz CT molecular complexity index is 1400. The van der Waals surface area contributed by atoms with E-state index in [4.69, 9.17) is 0 Å². The molecule has 3 aromatic rings. The fraction of sp³-hybridized carbons (Fsp3) is 0.389. The molecular weight excluding hydrogens is 538 g/mol. The van der Waals surface area contributed by atoms with Gasteiger partial charge >= 0.3 is 0 Å². The van der Waals surface area contributed by atoms with E-state index in [0.29, 0.717) is 35.4 Å². The number of benzene rings is 3. The third-order valence-corrected chi connectivity index (χ3v) is 8.40. The van der Waals surface area contributed by atoms with Gasteiger partial charge in [-0.15, -0.1) is 0 Å². The van der Waals surface area contributed by atoms with Gasteiger partial charge in [0.15, 0.2) is 0 Å². The van der Waals surface area contributed by atoms with Gasteiger partial charge < -0.3 is 15.1 Å². The molecule has 0 spiro atoms. The van der Waals surface area contributed by atoms with Gasteiger partial charge in [0, 0.05) is 30.1 Å². The summed E-state index contributed by atoms with van der Waals surface area (Å²) < 4.78 is 0. The first-order valence-electron chi connectivity index (χ1n) is 15.1. The number of hydrogen-bond acceptors (Lipinski definition) is 4. The average molecular weight is 584 g/mol. The Balaban J connectivity index is 1.41. The molecule has 0 bridgehead atoms. The first-order chi connectivity index (χ1) is 20.1. The minimum atomic E-state index is -0.0646. The quantitative estimate of drug-likeness (QED) is 0.175. The number of nitrogens with zero attached hydrogens (tertiary/aromatic N) is 2. The number of carbonyl (C=O) groups excluding carboxylic acids is 2.